The molecule has 0 bridgehead atoms. The van der Waals surface area contributed by atoms with Crippen molar-refractivity contribution in [3.05, 3.63) is 56.2 Å². The molecule has 1 saturated heterocycles. The topological polar surface area (TPSA) is 74.8 Å². The first-order valence-electron chi connectivity index (χ1n) is 8.08. The molecule has 1 aromatic carbocycles. The molecular weight excluding hydrogens is 411 g/mol. The van der Waals surface area contributed by atoms with Gasteiger partial charge in [-0.3, -0.25) is 19.2 Å². The third kappa shape index (κ3) is 4.21. The zero-order chi connectivity index (χ0) is 19.6. The van der Waals surface area contributed by atoms with E-state index in [9.17, 15) is 19.2 Å². The summed E-state index contributed by atoms with van der Waals surface area (Å²) in [5.41, 5.74) is 0.120. The van der Waals surface area contributed by atoms with Crippen LogP contribution in [0.5, 0.6) is 0 Å². The number of thiophene rings is 1. The fourth-order valence-corrected chi connectivity index (χ4v) is 3.63. The number of Topliss-reactive ketones (excluding diaryl/α,β-unsaturated/α-hetero) is 1. The van der Waals surface area contributed by atoms with E-state index in [1.807, 2.05) is 0 Å². The molecule has 2 aromatic rings. The van der Waals surface area contributed by atoms with Gasteiger partial charge in [0.1, 0.15) is 6.54 Å². The minimum atomic E-state index is -0.679. The van der Waals surface area contributed by atoms with Crippen LogP contribution in [-0.4, -0.2) is 40.1 Å². The molecule has 0 unspecified atom stereocenters. The zero-order valence-corrected chi connectivity index (χ0v) is 16.3. The van der Waals surface area contributed by atoms with Gasteiger partial charge in [0.05, 0.1) is 14.9 Å². The second kappa shape index (κ2) is 8.21. The summed E-state index contributed by atoms with van der Waals surface area (Å²) in [6.07, 6.45) is 0.677. The molecule has 0 radical (unpaired) electrons. The molecule has 2 heterocycles. The molecule has 27 heavy (non-hydrogen) atoms. The van der Waals surface area contributed by atoms with E-state index in [-0.39, 0.29) is 34.2 Å². The van der Waals surface area contributed by atoms with Gasteiger partial charge in [0.15, 0.2) is 5.78 Å². The summed E-state index contributed by atoms with van der Waals surface area (Å²) in [7, 11) is 0. The molecule has 0 aliphatic carbocycles. The molecule has 140 valence electrons. The van der Waals surface area contributed by atoms with E-state index in [1.165, 1.54) is 29.5 Å². The molecule has 0 N–H and O–H groups in total. The smallest absolute Gasteiger partial charge is 0.273 e. The lowest BCUT2D eigenvalue weighted by molar-refractivity contribution is -0.162. The van der Waals surface area contributed by atoms with E-state index < -0.39 is 24.3 Å². The quantitative estimate of drug-likeness (QED) is 0.539. The Kier molecular flexibility index (Phi) is 5.94. The van der Waals surface area contributed by atoms with Gasteiger partial charge in [-0.25, -0.2) is 5.01 Å². The fraction of sp³-hybridized carbons (Fsp3) is 0.222. The maximum atomic E-state index is 13.0. The predicted molar refractivity (Wildman–Crippen MR) is 102 cm³/mol. The third-order valence-corrected chi connectivity index (χ3v) is 5.64. The maximum absolute atomic E-state index is 13.0. The van der Waals surface area contributed by atoms with Gasteiger partial charge >= 0.3 is 0 Å². The van der Waals surface area contributed by atoms with Crippen LogP contribution in [0.4, 0.5) is 0 Å². The first kappa shape index (κ1) is 19.5. The Hall–Kier alpha value is -2.22. The van der Waals surface area contributed by atoms with Crippen LogP contribution in [0.1, 0.15) is 39.3 Å². The van der Waals surface area contributed by atoms with Crippen molar-refractivity contribution >= 4 is 58.0 Å². The van der Waals surface area contributed by atoms with Crippen molar-refractivity contribution in [3.8, 4) is 0 Å². The van der Waals surface area contributed by atoms with Gasteiger partial charge in [-0.15, -0.1) is 11.3 Å². The third-order valence-electron chi connectivity index (χ3n) is 3.99. The number of imide groups is 1. The number of amides is 3. The molecule has 1 aliphatic rings. The average Bonchev–Trinajstić information content (AvgIpc) is 3.17. The largest absolute Gasteiger partial charge is 0.291 e. The van der Waals surface area contributed by atoms with Crippen LogP contribution >= 0.6 is 34.5 Å². The minimum Gasteiger partial charge on any atom is -0.291 e. The van der Waals surface area contributed by atoms with Gasteiger partial charge in [0.25, 0.3) is 5.91 Å². The molecule has 0 saturated carbocycles. The first-order valence-corrected chi connectivity index (χ1v) is 9.71. The van der Waals surface area contributed by atoms with Crippen molar-refractivity contribution in [1.82, 2.24) is 10.0 Å². The SMILES string of the molecule is O=C(CN(C(=O)c1ccc(Cl)c(Cl)c1)N1C(=O)CCCC1=O)c1cccs1. The standard InChI is InChI=1S/C18H14Cl2N2O4S/c19-12-7-6-11(9-13(12)20)18(26)21(10-14(23)15-3-2-8-27-15)22-16(24)4-1-5-17(22)25/h2-3,6-9H,1,4-5,10H2. The van der Waals surface area contributed by atoms with Crippen LogP contribution in [0.3, 0.4) is 0 Å². The summed E-state index contributed by atoms with van der Waals surface area (Å²) >= 11 is 13.1. The number of hydrogen-bond donors (Lipinski definition) is 0. The van der Waals surface area contributed by atoms with Crippen LogP contribution < -0.4 is 0 Å². The number of carbonyl (C=O) groups is 4. The number of hydrazine groups is 1. The van der Waals surface area contributed by atoms with Gasteiger partial charge < -0.3 is 0 Å². The van der Waals surface area contributed by atoms with Crippen molar-refractivity contribution in [1.29, 1.82) is 0 Å². The highest BCUT2D eigenvalue weighted by Crippen LogP contribution is 2.25. The molecular formula is C18H14Cl2N2O4S. The minimum absolute atomic E-state index is 0.120. The van der Waals surface area contributed by atoms with Gasteiger partial charge in [-0.1, -0.05) is 29.3 Å². The van der Waals surface area contributed by atoms with Crippen LogP contribution in [0.25, 0.3) is 0 Å². The summed E-state index contributed by atoms with van der Waals surface area (Å²) in [5, 5.41) is 3.82. The van der Waals surface area contributed by atoms with E-state index in [1.54, 1.807) is 17.5 Å². The lowest BCUT2D eigenvalue weighted by Gasteiger charge is -2.35. The fourth-order valence-electron chi connectivity index (χ4n) is 2.67. The van der Waals surface area contributed by atoms with Crippen molar-refractivity contribution in [2.75, 3.05) is 6.54 Å². The van der Waals surface area contributed by atoms with Crippen LogP contribution in [0, 0.1) is 0 Å². The predicted octanol–water partition coefficient (Wildman–Crippen LogP) is 3.83. The second-order valence-electron chi connectivity index (χ2n) is 5.85. The Bertz CT molecular complexity index is 898. The van der Waals surface area contributed by atoms with Crippen molar-refractivity contribution < 1.29 is 19.2 Å². The highest BCUT2D eigenvalue weighted by molar-refractivity contribution is 7.12. The number of halogens is 2. The molecule has 0 spiro atoms. The lowest BCUT2D eigenvalue weighted by Crippen LogP contribution is -2.55. The number of rotatable bonds is 5. The highest BCUT2D eigenvalue weighted by atomic mass is 35.5. The van der Waals surface area contributed by atoms with Crippen molar-refractivity contribution in [2.24, 2.45) is 0 Å². The molecule has 3 amide bonds. The number of piperidine rings is 1. The summed E-state index contributed by atoms with van der Waals surface area (Å²) < 4.78 is 0. The van der Waals surface area contributed by atoms with E-state index in [4.69, 9.17) is 23.2 Å². The summed E-state index contributed by atoms with van der Waals surface area (Å²) in [6.45, 7) is -0.433. The van der Waals surface area contributed by atoms with E-state index >= 15 is 0 Å². The number of ketones is 1. The van der Waals surface area contributed by atoms with Crippen molar-refractivity contribution in [3.63, 3.8) is 0 Å². The molecule has 1 fully saturated rings. The number of nitrogens with zero attached hydrogens (tertiary/aromatic N) is 2. The van der Waals surface area contributed by atoms with Gasteiger partial charge in [-0.2, -0.15) is 5.01 Å². The maximum Gasteiger partial charge on any atom is 0.273 e. The molecule has 9 heteroatoms. The Morgan fingerprint density at radius 1 is 1.07 bits per heavy atom. The Morgan fingerprint density at radius 3 is 2.37 bits per heavy atom. The Labute approximate surface area is 169 Å². The second-order valence-corrected chi connectivity index (χ2v) is 7.61. The first-order chi connectivity index (χ1) is 12.9. The molecule has 6 nitrogen and oxygen atoms in total. The van der Waals surface area contributed by atoms with Gasteiger partial charge in [-0.05, 0) is 36.1 Å². The highest BCUT2D eigenvalue weighted by Gasteiger charge is 2.36. The van der Waals surface area contributed by atoms with E-state index in [0.717, 1.165) is 10.0 Å². The van der Waals surface area contributed by atoms with Crippen LogP contribution in [-0.2, 0) is 9.59 Å². The van der Waals surface area contributed by atoms with E-state index in [0.29, 0.717) is 11.3 Å². The molecule has 0 atom stereocenters. The Balaban J connectivity index is 1.96. The molecule has 1 aromatic heterocycles. The Morgan fingerprint density at radius 2 is 1.78 bits per heavy atom. The van der Waals surface area contributed by atoms with Gasteiger partial charge in [0.2, 0.25) is 11.8 Å². The zero-order valence-electron chi connectivity index (χ0n) is 14.0. The van der Waals surface area contributed by atoms with Crippen LogP contribution in [0.2, 0.25) is 10.0 Å². The van der Waals surface area contributed by atoms with Crippen LogP contribution in [0.15, 0.2) is 35.7 Å². The summed E-state index contributed by atoms with van der Waals surface area (Å²) in [4.78, 5) is 50.7. The molecule has 3 rings (SSSR count). The summed E-state index contributed by atoms with van der Waals surface area (Å²) in [6, 6.07) is 7.54. The monoisotopic (exact) mass is 424 g/mol. The number of carbonyl (C=O) groups excluding carboxylic acids is 4. The summed E-state index contributed by atoms with van der Waals surface area (Å²) in [5.74, 6) is -2.08. The lowest BCUT2D eigenvalue weighted by atomic mass is 10.1. The molecule has 1 aliphatic heterocycles. The number of hydrogen-bond acceptors (Lipinski definition) is 5. The number of benzene rings is 1. The van der Waals surface area contributed by atoms with E-state index in [2.05, 4.69) is 0 Å². The average molecular weight is 425 g/mol. The van der Waals surface area contributed by atoms with Gasteiger partial charge in [0, 0.05) is 18.4 Å². The normalized spacial score (nSPS) is 14.4. The van der Waals surface area contributed by atoms with Crippen molar-refractivity contribution in [2.45, 2.75) is 19.3 Å².